The Kier molecular flexibility index (Phi) is 5.47. The highest BCUT2D eigenvalue weighted by atomic mass is 14.6. The van der Waals surface area contributed by atoms with E-state index in [-0.39, 0.29) is 0 Å². The van der Waals surface area contributed by atoms with Gasteiger partial charge in [0.1, 0.15) is 0 Å². The average molecular weight is 345 g/mol. The van der Waals surface area contributed by atoms with Crippen LogP contribution in [0.25, 0.3) is 5.57 Å². The average Bonchev–Trinajstić information content (AvgIpc) is 3.37. The molecule has 26 heavy (non-hydrogen) atoms. The Bertz CT molecular complexity index is 811. The Morgan fingerprint density at radius 1 is 1.27 bits per heavy atom. The minimum absolute atomic E-state index is 0.430. The predicted molar refractivity (Wildman–Crippen MR) is 109 cm³/mol. The van der Waals surface area contributed by atoms with Gasteiger partial charge in [-0.2, -0.15) is 5.26 Å². The molecule has 0 saturated heterocycles. The van der Waals surface area contributed by atoms with Crippen LogP contribution in [-0.4, -0.2) is 0 Å². The maximum atomic E-state index is 8.93. The van der Waals surface area contributed by atoms with E-state index in [9.17, 15) is 0 Å². The number of allylic oxidation sites excluding steroid dienone is 7. The van der Waals surface area contributed by atoms with Crippen molar-refractivity contribution < 1.29 is 0 Å². The smallest absolute Gasteiger partial charge is 0.0991 e. The molecule has 0 bridgehead atoms. The van der Waals surface area contributed by atoms with Gasteiger partial charge in [-0.3, -0.25) is 0 Å². The molecule has 2 atom stereocenters. The monoisotopic (exact) mass is 344 g/mol. The van der Waals surface area contributed by atoms with Crippen LogP contribution in [0, 0.1) is 22.7 Å². The zero-order valence-electron chi connectivity index (χ0n) is 15.8. The molecule has 0 aromatic heterocycles. The summed E-state index contributed by atoms with van der Waals surface area (Å²) in [6.07, 6.45) is 16.7. The lowest BCUT2D eigenvalue weighted by Crippen LogP contribution is -2.10. The van der Waals surface area contributed by atoms with Gasteiger partial charge < -0.3 is 5.73 Å². The molecule has 2 nitrogen and oxygen atoms in total. The van der Waals surface area contributed by atoms with Crippen LogP contribution in [0.4, 0.5) is 0 Å². The lowest BCUT2D eigenvalue weighted by molar-refractivity contribution is 0.530. The van der Waals surface area contributed by atoms with Gasteiger partial charge in [0.05, 0.1) is 11.6 Å². The van der Waals surface area contributed by atoms with Gasteiger partial charge in [-0.25, -0.2) is 0 Å². The van der Waals surface area contributed by atoms with Gasteiger partial charge in [0, 0.05) is 6.20 Å². The number of hydrogen-bond acceptors (Lipinski definition) is 2. The maximum absolute atomic E-state index is 8.93. The van der Waals surface area contributed by atoms with E-state index in [0.717, 1.165) is 29.9 Å². The summed E-state index contributed by atoms with van der Waals surface area (Å²) in [5.41, 5.74) is 12.1. The molecule has 1 aromatic rings. The molecule has 2 unspecified atom stereocenters. The number of rotatable bonds is 6. The van der Waals surface area contributed by atoms with Crippen molar-refractivity contribution in [1.29, 1.82) is 5.26 Å². The van der Waals surface area contributed by atoms with Crippen LogP contribution < -0.4 is 5.73 Å². The van der Waals surface area contributed by atoms with Crippen molar-refractivity contribution in [1.82, 2.24) is 0 Å². The number of hydrogen-bond donors (Lipinski definition) is 1. The first-order valence-corrected chi connectivity index (χ1v) is 9.63. The van der Waals surface area contributed by atoms with Crippen LogP contribution in [0.3, 0.4) is 0 Å². The molecule has 2 N–H and O–H groups in total. The summed E-state index contributed by atoms with van der Waals surface area (Å²) in [7, 11) is 0. The Balaban J connectivity index is 1.71. The first kappa shape index (κ1) is 18.3. The van der Waals surface area contributed by atoms with Crippen molar-refractivity contribution in [2.45, 2.75) is 46.0 Å². The standard InChI is InChI=1S/C24H28N2/c1-3-24(15-18(24)2)23-10-5-4-7-21(23)8-6-9-22(17-26)20-13-11-19(16-25)12-14-20/h6-7,9-14,17-18H,3-5,8,15,26H2,1-2H3/b9-6-,22-17+. The van der Waals surface area contributed by atoms with Gasteiger partial charge in [-0.1, -0.05) is 50.3 Å². The number of benzene rings is 1. The summed E-state index contributed by atoms with van der Waals surface area (Å²) in [6.45, 7) is 4.71. The molecular weight excluding hydrogens is 316 g/mol. The van der Waals surface area contributed by atoms with Gasteiger partial charge in [0.15, 0.2) is 0 Å². The van der Waals surface area contributed by atoms with E-state index in [0.29, 0.717) is 11.0 Å². The molecular formula is C24H28N2. The normalized spacial score (nSPS) is 25.6. The highest BCUT2D eigenvalue weighted by Gasteiger charge is 2.52. The van der Waals surface area contributed by atoms with E-state index < -0.39 is 0 Å². The Hall–Kier alpha value is -2.53. The number of nitriles is 1. The van der Waals surface area contributed by atoms with Crippen LogP contribution in [0.15, 0.2) is 65.9 Å². The Labute approximate surface area is 157 Å². The highest BCUT2D eigenvalue weighted by molar-refractivity contribution is 5.74. The first-order chi connectivity index (χ1) is 12.6. The second kappa shape index (κ2) is 7.79. The number of nitrogens with zero attached hydrogens (tertiary/aromatic N) is 1. The third kappa shape index (κ3) is 3.53. The van der Waals surface area contributed by atoms with Crippen molar-refractivity contribution in [2.24, 2.45) is 17.1 Å². The Morgan fingerprint density at radius 3 is 2.54 bits per heavy atom. The molecule has 3 rings (SSSR count). The quantitative estimate of drug-likeness (QED) is 0.654. The molecule has 2 aliphatic rings. The van der Waals surface area contributed by atoms with E-state index in [4.69, 9.17) is 11.0 Å². The van der Waals surface area contributed by atoms with Crippen molar-refractivity contribution in [2.75, 3.05) is 0 Å². The second-order valence-electron chi connectivity index (χ2n) is 7.46. The molecule has 1 saturated carbocycles. The molecule has 0 amide bonds. The predicted octanol–water partition coefficient (Wildman–Crippen LogP) is 5.89. The third-order valence-corrected chi connectivity index (χ3v) is 6.03. The fourth-order valence-electron chi connectivity index (χ4n) is 4.29. The Morgan fingerprint density at radius 2 is 1.96 bits per heavy atom. The summed E-state index contributed by atoms with van der Waals surface area (Å²) < 4.78 is 0. The molecule has 0 aliphatic heterocycles. The van der Waals surface area contributed by atoms with Crippen molar-refractivity contribution in [3.63, 3.8) is 0 Å². The van der Waals surface area contributed by atoms with E-state index in [1.807, 2.05) is 24.3 Å². The zero-order chi connectivity index (χ0) is 18.6. The van der Waals surface area contributed by atoms with Gasteiger partial charge in [-0.05, 0) is 77.9 Å². The van der Waals surface area contributed by atoms with Gasteiger partial charge in [-0.15, -0.1) is 0 Å². The van der Waals surface area contributed by atoms with Crippen molar-refractivity contribution in [3.8, 4) is 6.07 Å². The highest BCUT2D eigenvalue weighted by Crippen LogP contribution is 2.62. The number of nitrogens with two attached hydrogens (primary N) is 1. The maximum Gasteiger partial charge on any atom is 0.0991 e. The second-order valence-corrected chi connectivity index (χ2v) is 7.46. The summed E-state index contributed by atoms with van der Waals surface area (Å²) >= 11 is 0. The zero-order valence-corrected chi connectivity index (χ0v) is 15.8. The van der Waals surface area contributed by atoms with E-state index in [2.05, 4.69) is 44.2 Å². The van der Waals surface area contributed by atoms with E-state index in [1.165, 1.54) is 24.8 Å². The third-order valence-electron chi connectivity index (χ3n) is 6.03. The van der Waals surface area contributed by atoms with E-state index >= 15 is 0 Å². The SMILES string of the molecule is CCC1(C2=CCCC=C2C/C=C\C(=C/N)c2ccc(C#N)cc2)CC1C. The molecule has 1 fully saturated rings. The van der Waals surface area contributed by atoms with Crippen LogP contribution in [-0.2, 0) is 0 Å². The van der Waals surface area contributed by atoms with E-state index in [1.54, 1.807) is 11.8 Å². The van der Waals surface area contributed by atoms with Crippen molar-refractivity contribution in [3.05, 3.63) is 77.0 Å². The largest absolute Gasteiger partial charge is 0.404 e. The fourth-order valence-corrected chi connectivity index (χ4v) is 4.29. The topological polar surface area (TPSA) is 49.8 Å². The molecule has 2 heteroatoms. The summed E-state index contributed by atoms with van der Waals surface area (Å²) in [4.78, 5) is 0. The first-order valence-electron chi connectivity index (χ1n) is 9.63. The van der Waals surface area contributed by atoms with Crippen LogP contribution in [0.2, 0.25) is 0 Å². The van der Waals surface area contributed by atoms with Crippen LogP contribution in [0.1, 0.15) is 57.1 Å². The molecule has 0 radical (unpaired) electrons. The fraction of sp³-hybridized carbons (Fsp3) is 0.375. The molecule has 2 aliphatic carbocycles. The van der Waals surface area contributed by atoms with Gasteiger partial charge in [0.2, 0.25) is 0 Å². The lowest BCUT2D eigenvalue weighted by Gasteiger charge is -2.24. The summed E-state index contributed by atoms with van der Waals surface area (Å²) in [5, 5.41) is 8.93. The van der Waals surface area contributed by atoms with Gasteiger partial charge >= 0.3 is 0 Å². The summed E-state index contributed by atoms with van der Waals surface area (Å²) in [6, 6.07) is 9.71. The van der Waals surface area contributed by atoms with Crippen LogP contribution in [0.5, 0.6) is 0 Å². The lowest BCUT2D eigenvalue weighted by atomic mass is 9.80. The van der Waals surface area contributed by atoms with Gasteiger partial charge in [0.25, 0.3) is 0 Å². The minimum Gasteiger partial charge on any atom is -0.404 e. The van der Waals surface area contributed by atoms with Crippen molar-refractivity contribution >= 4 is 5.57 Å². The molecule has 0 spiro atoms. The molecule has 134 valence electrons. The minimum atomic E-state index is 0.430. The van der Waals surface area contributed by atoms with Crippen LogP contribution >= 0.6 is 0 Å². The summed E-state index contributed by atoms with van der Waals surface area (Å²) in [5.74, 6) is 0.808. The molecule has 1 aromatic carbocycles. The molecule has 0 heterocycles.